The largest absolute Gasteiger partial charge is 0.394 e. The maximum absolute atomic E-state index is 12.5. The first-order chi connectivity index (χ1) is 23.5. The van der Waals surface area contributed by atoms with E-state index in [4.69, 9.17) is 0 Å². The number of aliphatic hydroxyl groups is 4. The van der Waals surface area contributed by atoms with Crippen molar-refractivity contribution in [2.24, 2.45) is 0 Å². The van der Waals surface area contributed by atoms with Crippen molar-refractivity contribution in [2.45, 2.75) is 244 Å². The fourth-order valence-electron chi connectivity index (χ4n) is 6.56. The topological polar surface area (TPSA) is 110 Å². The summed E-state index contributed by atoms with van der Waals surface area (Å²) in [6, 6.07) is -0.984. The van der Waals surface area contributed by atoms with Crippen LogP contribution in [0.1, 0.15) is 219 Å². The van der Waals surface area contributed by atoms with Crippen molar-refractivity contribution >= 4 is 5.91 Å². The summed E-state index contributed by atoms with van der Waals surface area (Å²) in [7, 11) is 0. The number of nitrogens with one attached hydrogen (secondary N) is 1. The summed E-state index contributed by atoms with van der Waals surface area (Å²) in [5.74, 6) is -0.585. The summed E-state index contributed by atoms with van der Waals surface area (Å²) in [6.45, 7) is 4.01. The molecule has 0 aromatic carbocycles. The van der Waals surface area contributed by atoms with Crippen LogP contribution in [0.3, 0.4) is 0 Å². The van der Waals surface area contributed by atoms with E-state index in [1.54, 1.807) is 0 Å². The van der Waals surface area contributed by atoms with Gasteiger partial charge in [-0.15, -0.1) is 0 Å². The number of carbonyl (C=O) groups excluding carboxylic acids is 1. The Morgan fingerprint density at radius 3 is 1.27 bits per heavy atom. The zero-order valence-corrected chi connectivity index (χ0v) is 32.0. The number of rotatable bonds is 38. The van der Waals surface area contributed by atoms with Gasteiger partial charge in [0.05, 0.1) is 18.8 Å². The van der Waals surface area contributed by atoms with Crippen molar-refractivity contribution in [2.75, 3.05) is 6.61 Å². The molecule has 0 aromatic heterocycles. The molecule has 4 atom stereocenters. The molecule has 48 heavy (non-hydrogen) atoms. The van der Waals surface area contributed by atoms with Gasteiger partial charge in [-0.1, -0.05) is 199 Å². The van der Waals surface area contributed by atoms with E-state index in [1.807, 2.05) is 0 Å². The number of carbonyl (C=O) groups is 1. The molecule has 0 aliphatic heterocycles. The monoisotopic (exact) mass is 682 g/mol. The smallest absolute Gasteiger partial charge is 0.249 e. The Morgan fingerprint density at radius 1 is 0.500 bits per heavy atom. The molecular weight excluding hydrogens is 598 g/mol. The first-order valence-corrected chi connectivity index (χ1v) is 21.1. The van der Waals surface area contributed by atoms with Crippen LogP contribution >= 0.6 is 0 Å². The van der Waals surface area contributed by atoms with Crippen LogP contribution in [0.15, 0.2) is 12.2 Å². The van der Waals surface area contributed by atoms with Gasteiger partial charge in [0.25, 0.3) is 0 Å². The van der Waals surface area contributed by atoms with E-state index in [0.717, 1.165) is 44.9 Å². The SMILES string of the molecule is CCCCC=CCCCCCCCCC(O)C(O)C(CO)NC(=O)C(O)CCCCCCCCCCCCCCCCCCCCCC. The summed E-state index contributed by atoms with van der Waals surface area (Å²) in [4.78, 5) is 12.5. The Bertz CT molecular complexity index is 687. The summed E-state index contributed by atoms with van der Waals surface area (Å²) in [5, 5.41) is 43.6. The van der Waals surface area contributed by atoms with Gasteiger partial charge in [0, 0.05) is 0 Å². The number of hydrogen-bond acceptors (Lipinski definition) is 5. The number of amides is 1. The lowest BCUT2D eigenvalue weighted by molar-refractivity contribution is -0.132. The quantitative estimate of drug-likeness (QED) is 0.0329. The van der Waals surface area contributed by atoms with E-state index in [0.29, 0.717) is 12.8 Å². The molecule has 0 bridgehead atoms. The van der Waals surface area contributed by atoms with Crippen LogP contribution < -0.4 is 5.32 Å². The second-order valence-electron chi connectivity index (χ2n) is 14.7. The third kappa shape index (κ3) is 31.1. The van der Waals surface area contributed by atoms with E-state index in [1.165, 1.54) is 148 Å². The van der Waals surface area contributed by atoms with Crippen LogP contribution in [0.4, 0.5) is 0 Å². The van der Waals surface area contributed by atoms with Crippen molar-refractivity contribution in [1.29, 1.82) is 0 Å². The Balaban J connectivity index is 3.70. The Kier molecular flexibility index (Phi) is 36.6. The summed E-state index contributed by atoms with van der Waals surface area (Å²) in [6.07, 6.45) is 39.5. The molecule has 1 amide bonds. The third-order valence-corrected chi connectivity index (χ3v) is 9.98. The van der Waals surface area contributed by atoms with Gasteiger partial charge in [0.1, 0.15) is 12.2 Å². The molecule has 0 saturated heterocycles. The predicted octanol–water partition coefficient (Wildman–Crippen LogP) is 10.6. The lowest BCUT2D eigenvalue weighted by atomic mass is 9.99. The summed E-state index contributed by atoms with van der Waals surface area (Å²) in [5.41, 5.74) is 0. The van der Waals surface area contributed by atoms with E-state index in [-0.39, 0.29) is 0 Å². The molecule has 0 rings (SSSR count). The molecule has 6 heteroatoms. The highest BCUT2D eigenvalue weighted by atomic mass is 16.3. The Morgan fingerprint density at radius 2 is 0.854 bits per heavy atom. The molecule has 5 N–H and O–H groups in total. The van der Waals surface area contributed by atoms with Gasteiger partial charge in [-0.3, -0.25) is 4.79 Å². The molecule has 0 aliphatic rings. The number of aliphatic hydroxyl groups excluding tert-OH is 4. The van der Waals surface area contributed by atoms with Crippen LogP contribution in [0.2, 0.25) is 0 Å². The van der Waals surface area contributed by atoms with Crippen molar-refractivity contribution in [1.82, 2.24) is 5.32 Å². The first-order valence-electron chi connectivity index (χ1n) is 21.1. The molecule has 6 nitrogen and oxygen atoms in total. The van der Waals surface area contributed by atoms with Gasteiger partial charge in [0.2, 0.25) is 5.91 Å². The highest BCUT2D eigenvalue weighted by Crippen LogP contribution is 2.16. The second-order valence-corrected chi connectivity index (χ2v) is 14.7. The molecule has 0 heterocycles. The lowest BCUT2D eigenvalue weighted by Crippen LogP contribution is -2.53. The normalized spacial score (nSPS) is 14.4. The van der Waals surface area contributed by atoms with Crippen LogP contribution in [-0.4, -0.2) is 57.3 Å². The van der Waals surface area contributed by atoms with Crippen LogP contribution in [0.25, 0.3) is 0 Å². The highest BCUT2D eigenvalue weighted by Gasteiger charge is 2.28. The van der Waals surface area contributed by atoms with Gasteiger partial charge in [0.15, 0.2) is 0 Å². The van der Waals surface area contributed by atoms with E-state index < -0.39 is 36.9 Å². The zero-order chi connectivity index (χ0) is 35.3. The molecule has 4 unspecified atom stereocenters. The van der Waals surface area contributed by atoms with Crippen molar-refractivity contribution < 1.29 is 25.2 Å². The Hall–Kier alpha value is -0.950. The van der Waals surface area contributed by atoms with Crippen molar-refractivity contribution in [3.8, 4) is 0 Å². The summed E-state index contributed by atoms with van der Waals surface area (Å²) >= 11 is 0. The summed E-state index contributed by atoms with van der Waals surface area (Å²) < 4.78 is 0. The molecule has 286 valence electrons. The van der Waals surface area contributed by atoms with Gasteiger partial charge >= 0.3 is 0 Å². The van der Waals surface area contributed by atoms with Gasteiger partial charge in [-0.25, -0.2) is 0 Å². The highest BCUT2D eigenvalue weighted by molar-refractivity contribution is 5.80. The standard InChI is InChI=1S/C42H83NO5/c1-3-5-7-9-11-13-15-17-18-19-20-21-22-23-24-26-28-30-32-34-36-40(46)42(48)43-38(37-44)41(47)39(45)35-33-31-29-27-25-16-14-12-10-8-6-4-2/h10,12,38-41,44-47H,3-9,11,13-37H2,1-2H3,(H,43,48). The van der Waals surface area contributed by atoms with Crippen LogP contribution in [-0.2, 0) is 4.79 Å². The van der Waals surface area contributed by atoms with Crippen LogP contribution in [0, 0.1) is 0 Å². The fraction of sp³-hybridized carbons (Fsp3) is 0.929. The fourth-order valence-corrected chi connectivity index (χ4v) is 6.56. The molecule has 0 spiro atoms. The van der Waals surface area contributed by atoms with E-state index in [9.17, 15) is 25.2 Å². The van der Waals surface area contributed by atoms with E-state index >= 15 is 0 Å². The third-order valence-electron chi connectivity index (χ3n) is 9.98. The zero-order valence-electron chi connectivity index (χ0n) is 32.0. The average molecular weight is 682 g/mol. The maximum Gasteiger partial charge on any atom is 0.249 e. The second kappa shape index (κ2) is 37.3. The van der Waals surface area contributed by atoms with Crippen molar-refractivity contribution in [3.63, 3.8) is 0 Å². The number of allylic oxidation sites excluding steroid dienone is 2. The van der Waals surface area contributed by atoms with Gasteiger partial charge in [-0.2, -0.15) is 0 Å². The molecule has 0 radical (unpaired) electrons. The van der Waals surface area contributed by atoms with Crippen molar-refractivity contribution in [3.05, 3.63) is 12.2 Å². The van der Waals surface area contributed by atoms with Gasteiger partial charge < -0.3 is 25.7 Å². The van der Waals surface area contributed by atoms with Gasteiger partial charge in [-0.05, 0) is 32.1 Å². The average Bonchev–Trinajstić information content (AvgIpc) is 3.09. The minimum atomic E-state index is -1.26. The molecule has 0 saturated carbocycles. The molecule has 0 aliphatic carbocycles. The minimum absolute atomic E-state index is 0.372. The Labute approximate surface area is 298 Å². The molecular formula is C42H83NO5. The number of unbranched alkanes of at least 4 members (excludes halogenated alkanes) is 27. The first kappa shape index (κ1) is 47.0. The molecule has 0 aromatic rings. The molecule has 0 fully saturated rings. The minimum Gasteiger partial charge on any atom is -0.394 e. The lowest BCUT2D eigenvalue weighted by Gasteiger charge is -2.27. The van der Waals surface area contributed by atoms with E-state index in [2.05, 4.69) is 31.3 Å². The maximum atomic E-state index is 12.5. The number of hydrogen-bond donors (Lipinski definition) is 5. The van der Waals surface area contributed by atoms with Crippen LogP contribution in [0.5, 0.6) is 0 Å². The predicted molar refractivity (Wildman–Crippen MR) is 205 cm³/mol.